The fourth-order valence-corrected chi connectivity index (χ4v) is 8.57. The summed E-state index contributed by atoms with van der Waals surface area (Å²) < 4.78 is 0. The molecule has 0 N–H and O–H groups in total. The van der Waals surface area contributed by atoms with Gasteiger partial charge in [0.05, 0.1) is 5.16 Å². The van der Waals surface area contributed by atoms with E-state index in [2.05, 4.69) is 80.4 Å². The number of unbranched alkanes of at least 4 members (excludes halogenated alkanes) is 2. The first-order valence-electron chi connectivity index (χ1n) is 9.33. The summed E-state index contributed by atoms with van der Waals surface area (Å²) in [5.41, 5.74) is 0. The minimum absolute atomic E-state index is 0.239. The lowest BCUT2D eigenvalue weighted by atomic mass is 9.95. The third-order valence-electron chi connectivity index (χ3n) is 5.00. The van der Waals surface area contributed by atoms with Crippen LogP contribution in [0.3, 0.4) is 0 Å². The van der Waals surface area contributed by atoms with Crippen molar-refractivity contribution in [3.63, 3.8) is 0 Å². The molecule has 0 heterocycles. The van der Waals surface area contributed by atoms with Gasteiger partial charge in [-0.05, 0) is 23.5 Å². The van der Waals surface area contributed by atoms with Gasteiger partial charge in [-0.25, -0.2) is 0 Å². The molecule has 2 aromatic rings. The Morgan fingerprint density at radius 2 is 1.24 bits per heavy atom. The highest BCUT2D eigenvalue weighted by molar-refractivity contribution is 8.22. The molecule has 0 nitrogen and oxygen atoms in total. The van der Waals surface area contributed by atoms with Gasteiger partial charge in [-0.3, -0.25) is 0 Å². The van der Waals surface area contributed by atoms with Gasteiger partial charge >= 0.3 is 0 Å². The number of hydrogen-bond donors (Lipinski definition) is 0. The van der Waals surface area contributed by atoms with Crippen LogP contribution in [0.25, 0.3) is 0 Å². The van der Waals surface area contributed by atoms with Gasteiger partial charge < -0.3 is 0 Å². The minimum Gasteiger partial charge on any atom is -0.119 e. The zero-order valence-corrected chi connectivity index (χ0v) is 17.2. The van der Waals surface area contributed by atoms with E-state index in [0.717, 1.165) is 38.5 Å². The molecule has 0 aliphatic heterocycles. The molecule has 2 rings (SSSR count). The third kappa shape index (κ3) is 4.08. The second-order valence-electron chi connectivity index (χ2n) is 6.66. The van der Waals surface area contributed by atoms with Crippen LogP contribution in [0.1, 0.15) is 52.4 Å². The summed E-state index contributed by atoms with van der Waals surface area (Å²) in [6, 6.07) is 19.2. The molecule has 0 spiro atoms. The Morgan fingerprint density at radius 1 is 0.840 bits per heavy atom. The Morgan fingerprint density at radius 3 is 1.56 bits per heavy atom. The first-order chi connectivity index (χ1) is 12.1. The summed E-state index contributed by atoms with van der Waals surface area (Å²) in [6.07, 6.45) is 12.8. The number of rotatable bonds is 9. The van der Waals surface area contributed by atoms with E-state index in [1.54, 1.807) is 0 Å². The minimum atomic E-state index is -2.13. The van der Waals surface area contributed by atoms with Crippen LogP contribution in [0.2, 0.25) is 0 Å². The maximum atomic E-state index is 6.56. The standard InChI is InChI=1S/C23H29PS/c1-4-7-19-23(6-3,20-8-5-2)24(25,21-15-11-9-12-16-21)22-17-13-10-14-18-22/h3,9-18H,4-5,7-8,19-20H2,1-2H3. The van der Waals surface area contributed by atoms with E-state index in [1.807, 2.05) is 0 Å². The van der Waals surface area contributed by atoms with E-state index in [-0.39, 0.29) is 5.16 Å². The summed E-state index contributed by atoms with van der Waals surface area (Å²) in [4.78, 5) is 0. The van der Waals surface area contributed by atoms with Crippen LogP contribution in [0.5, 0.6) is 0 Å². The Bertz CT molecular complexity index is 676. The van der Waals surface area contributed by atoms with E-state index in [4.69, 9.17) is 18.2 Å². The Kier molecular flexibility index (Phi) is 7.49. The molecule has 2 aromatic carbocycles. The summed E-state index contributed by atoms with van der Waals surface area (Å²) in [7, 11) is 0. The van der Waals surface area contributed by atoms with Crippen LogP contribution < -0.4 is 10.6 Å². The Balaban J connectivity index is 2.70. The lowest BCUT2D eigenvalue weighted by Crippen LogP contribution is -2.37. The molecule has 0 radical (unpaired) electrons. The fourth-order valence-electron chi connectivity index (χ4n) is 3.53. The van der Waals surface area contributed by atoms with Crippen molar-refractivity contribution in [1.82, 2.24) is 0 Å². The first-order valence-corrected chi connectivity index (χ1v) is 12.1. The smallest absolute Gasteiger partial charge is 0.0675 e. The highest BCUT2D eigenvalue weighted by atomic mass is 32.4. The molecule has 0 fully saturated rings. The Hall–Kier alpha value is -1.35. The predicted molar refractivity (Wildman–Crippen MR) is 117 cm³/mol. The van der Waals surface area contributed by atoms with Crippen LogP contribution in [-0.2, 0) is 11.8 Å². The lowest BCUT2D eigenvalue weighted by molar-refractivity contribution is 0.543. The maximum Gasteiger partial charge on any atom is 0.0675 e. The van der Waals surface area contributed by atoms with Crippen molar-refractivity contribution in [2.45, 2.75) is 57.5 Å². The first kappa shape index (κ1) is 20.0. The van der Waals surface area contributed by atoms with Crippen LogP contribution in [0.15, 0.2) is 60.7 Å². The van der Waals surface area contributed by atoms with Gasteiger partial charge in [0.2, 0.25) is 0 Å². The molecule has 0 bridgehead atoms. The molecule has 0 aromatic heterocycles. The van der Waals surface area contributed by atoms with Crippen molar-refractivity contribution in [3.8, 4) is 12.3 Å². The van der Waals surface area contributed by atoms with Crippen molar-refractivity contribution in [2.24, 2.45) is 0 Å². The van der Waals surface area contributed by atoms with Gasteiger partial charge in [0, 0.05) is 6.04 Å². The lowest BCUT2D eigenvalue weighted by Gasteiger charge is -2.41. The molecular formula is C23H29PS. The molecule has 25 heavy (non-hydrogen) atoms. The summed E-state index contributed by atoms with van der Waals surface area (Å²) in [5, 5.41) is 2.26. The van der Waals surface area contributed by atoms with Crippen LogP contribution >= 0.6 is 6.04 Å². The quantitative estimate of drug-likeness (QED) is 0.394. The molecule has 0 atom stereocenters. The van der Waals surface area contributed by atoms with E-state index in [9.17, 15) is 0 Å². The molecule has 0 saturated carbocycles. The summed E-state index contributed by atoms with van der Waals surface area (Å²) in [6.45, 7) is 4.46. The Labute approximate surface area is 159 Å². The normalized spacial score (nSPS) is 11.9. The fraction of sp³-hybridized carbons (Fsp3) is 0.391. The van der Waals surface area contributed by atoms with Gasteiger partial charge in [0.1, 0.15) is 0 Å². The van der Waals surface area contributed by atoms with Gasteiger partial charge in [0.15, 0.2) is 0 Å². The van der Waals surface area contributed by atoms with Gasteiger partial charge in [-0.15, -0.1) is 6.42 Å². The zero-order valence-electron chi connectivity index (χ0n) is 15.4. The van der Waals surface area contributed by atoms with Crippen LogP contribution in [0.4, 0.5) is 0 Å². The van der Waals surface area contributed by atoms with E-state index in [1.165, 1.54) is 10.6 Å². The number of terminal acetylenes is 1. The molecule has 0 unspecified atom stereocenters. The van der Waals surface area contributed by atoms with Gasteiger partial charge in [0.25, 0.3) is 0 Å². The SMILES string of the molecule is C#CC(CCCC)(CCCC)P(=S)(c1ccccc1)c1ccccc1. The van der Waals surface area contributed by atoms with Gasteiger partial charge in [-0.2, -0.15) is 0 Å². The summed E-state index contributed by atoms with van der Waals surface area (Å²) in [5.74, 6) is 3.27. The monoisotopic (exact) mass is 368 g/mol. The summed E-state index contributed by atoms with van der Waals surface area (Å²) >= 11 is 6.56. The maximum absolute atomic E-state index is 6.56. The molecular weight excluding hydrogens is 339 g/mol. The largest absolute Gasteiger partial charge is 0.119 e. The van der Waals surface area contributed by atoms with E-state index in [0.29, 0.717) is 0 Å². The van der Waals surface area contributed by atoms with Crippen molar-refractivity contribution in [3.05, 3.63) is 60.7 Å². The molecule has 0 amide bonds. The predicted octanol–water partition coefficient (Wildman–Crippen LogP) is 5.87. The van der Waals surface area contributed by atoms with Crippen LogP contribution in [-0.4, -0.2) is 5.16 Å². The molecule has 0 saturated heterocycles. The second-order valence-corrected chi connectivity index (χ2v) is 11.4. The second kappa shape index (κ2) is 9.38. The molecule has 0 aliphatic rings. The highest BCUT2D eigenvalue weighted by Gasteiger charge is 2.43. The number of hydrogen-bond acceptors (Lipinski definition) is 1. The van der Waals surface area contributed by atoms with Crippen molar-refractivity contribution in [2.75, 3.05) is 0 Å². The van der Waals surface area contributed by atoms with Crippen LogP contribution in [0, 0.1) is 12.3 Å². The number of benzene rings is 2. The third-order valence-corrected chi connectivity index (χ3v) is 11.1. The molecule has 0 aliphatic carbocycles. The highest BCUT2D eigenvalue weighted by Crippen LogP contribution is 2.60. The average molecular weight is 369 g/mol. The van der Waals surface area contributed by atoms with Crippen molar-refractivity contribution < 1.29 is 0 Å². The molecule has 132 valence electrons. The topological polar surface area (TPSA) is 0 Å². The average Bonchev–Trinajstić information content (AvgIpc) is 2.69. The van der Waals surface area contributed by atoms with E-state index < -0.39 is 6.04 Å². The van der Waals surface area contributed by atoms with Crippen molar-refractivity contribution in [1.29, 1.82) is 0 Å². The van der Waals surface area contributed by atoms with Crippen molar-refractivity contribution >= 4 is 28.5 Å². The van der Waals surface area contributed by atoms with Gasteiger partial charge in [-0.1, -0.05) is 118 Å². The van der Waals surface area contributed by atoms with E-state index >= 15 is 0 Å². The zero-order chi connectivity index (χ0) is 18.2. The molecule has 2 heteroatoms.